The third-order valence-electron chi connectivity index (χ3n) is 4.13. The van der Waals surface area contributed by atoms with Crippen LogP contribution in [0.3, 0.4) is 0 Å². The third-order valence-corrected chi connectivity index (χ3v) is 4.13. The number of carbonyl (C=O) groups is 2. The summed E-state index contributed by atoms with van der Waals surface area (Å²) in [4.78, 5) is 26.7. The SMILES string of the molecule is CC(C)CCN1C(=O)C(C(C)C)NC(=O)C1C1CC1. The van der Waals surface area contributed by atoms with Gasteiger partial charge >= 0.3 is 0 Å². The average Bonchev–Trinajstić information content (AvgIpc) is 3.12. The van der Waals surface area contributed by atoms with Gasteiger partial charge in [-0.25, -0.2) is 0 Å². The first kappa shape index (κ1) is 14.4. The molecule has 4 heteroatoms. The zero-order valence-electron chi connectivity index (χ0n) is 12.5. The van der Waals surface area contributed by atoms with Gasteiger partial charge in [-0.2, -0.15) is 0 Å². The lowest BCUT2D eigenvalue weighted by Gasteiger charge is -2.40. The summed E-state index contributed by atoms with van der Waals surface area (Å²) < 4.78 is 0. The van der Waals surface area contributed by atoms with Gasteiger partial charge in [0.2, 0.25) is 11.8 Å². The minimum Gasteiger partial charge on any atom is -0.342 e. The molecular formula is C15H26N2O2. The first-order valence-electron chi connectivity index (χ1n) is 7.52. The Balaban J connectivity index is 2.14. The van der Waals surface area contributed by atoms with Crippen molar-refractivity contribution >= 4 is 11.8 Å². The number of amides is 2. The number of carbonyl (C=O) groups excluding carboxylic acids is 2. The highest BCUT2D eigenvalue weighted by atomic mass is 16.2. The van der Waals surface area contributed by atoms with Crippen molar-refractivity contribution in [2.24, 2.45) is 17.8 Å². The van der Waals surface area contributed by atoms with E-state index in [0.717, 1.165) is 19.3 Å². The summed E-state index contributed by atoms with van der Waals surface area (Å²) in [5.41, 5.74) is 0. The van der Waals surface area contributed by atoms with Crippen LogP contribution in [0, 0.1) is 17.8 Å². The quantitative estimate of drug-likeness (QED) is 0.825. The second-order valence-electron chi connectivity index (χ2n) is 6.73. The molecule has 108 valence electrons. The second-order valence-corrected chi connectivity index (χ2v) is 6.73. The summed E-state index contributed by atoms with van der Waals surface area (Å²) in [5.74, 6) is 1.27. The molecule has 0 radical (unpaired) electrons. The molecule has 2 fully saturated rings. The predicted molar refractivity (Wildman–Crippen MR) is 74.4 cm³/mol. The standard InChI is InChI=1S/C15H26N2O2/c1-9(2)7-8-17-13(11-5-6-11)14(18)16-12(10(3)4)15(17)19/h9-13H,5-8H2,1-4H3,(H,16,18). The second kappa shape index (κ2) is 5.51. The maximum atomic E-state index is 12.6. The van der Waals surface area contributed by atoms with Crippen LogP contribution in [0.4, 0.5) is 0 Å². The lowest BCUT2D eigenvalue weighted by atomic mass is 9.95. The molecule has 1 saturated carbocycles. The smallest absolute Gasteiger partial charge is 0.246 e. The maximum absolute atomic E-state index is 12.6. The zero-order valence-corrected chi connectivity index (χ0v) is 12.5. The van der Waals surface area contributed by atoms with Crippen molar-refractivity contribution < 1.29 is 9.59 Å². The van der Waals surface area contributed by atoms with E-state index in [4.69, 9.17) is 0 Å². The lowest BCUT2D eigenvalue weighted by Crippen LogP contribution is -2.65. The molecule has 0 aromatic rings. The van der Waals surface area contributed by atoms with E-state index in [1.165, 1.54) is 0 Å². The number of nitrogens with zero attached hydrogens (tertiary/aromatic N) is 1. The zero-order chi connectivity index (χ0) is 14.2. The highest BCUT2D eigenvalue weighted by molar-refractivity contribution is 5.97. The normalized spacial score (nSPS) is 28.2. The van der Waals surface area contributed by atoms with Crippen LogP contribution in [0.25, 0.3) is 0 Å². The molecule has 19 heavy (non-hydrogen) atoms. The summed E-state index contributed by atoms with van der Waals surface area (Å²) >= 11 is 0. The van der Waals surface area contributed by atoms with Gasteiger partial charge in [-0.15, -0.1) is 0 Å². The van der Waals surface area contributed by atoms with Crippen molar-refractivity contribution in [1.82, 2.24) is 10.2 Å². The Morgan fingerprint density at radius 3 is 2.32 bits per heavy atom. The van der Waals surface area contributed by atoms with Gasteiger partial charge in [-0.05, 0) is 37.0 Å². The van der Waals surface area contributed by atoms with Gasteiger partial charge in [-0.3, -0.25) is 9.59 Å². The van der Waals surface area contributed by atoms with E-state index in [1.807, 2.05) is 18.7 Å². The molecule has 0 spiro atoms. The van der Waals surface area contributed by atoms with Crippen molar-refractivity contribution in [3.05, 3.63) is 0 Å². The Morgan fingerprint density at radius 2 is 1.84 bits per heavy atom. The van der Waals surface area contributed by atoms with E-state index in [1.54, 1.807) is 0 Å². The van der Waals surface area contributed by atoms with Gasteiger partial charge in [0.15, 0.2) is 0 Å². The first-order valence-corrected chi connectivity index (χ1v) is 7.52. The van der Waals surface area contributed by atoms with E-state index in [2.05, 4.69) is 19.2 Å². The van der Waals surface area contributed by atoms with Crippen molar-refractivity contribution in [3.63, 3.8) is 0 Å². The van der Waals surface area contributed by atoms with Gasteiger partial charge in [0, 0.05) is 6.54 Å². The number of hydrogen-bond acceptors (Lipinski definition) is 2. The molecule has 2 aliphatic rings. The van der Waals surface area contributed by atoms with E-state index < -0.39 is 0 Å². The third kappa shape index (κ3) is 3.10. The molecule has 0 aromatic heterocycles. The molecule has 1 saturated heterocycles. The summed E-state index contributed by atoms with van der Waals surface area (Å²) in [6.45, 7) is 9.00. The monoisotopic (exact) mass is 266 g/mol. The first-order chi connectivity index (χ1) is 8.91. The summed E-state index contributed by atoms with van der Waals surface area (Å²) in [6.07, 6.45) is 3.12. The van der Waals surface area contributed by atoms with Gasteiger partial charge in [-0.1, -0.05) is 27.7 Å². The number of nitrogens with one attached hydrogen (secondary N) is 1. The van der Waals surface area contributed by atoms with E-state index in [9.17, 15) is 9.59 Å². The highest BCUT2D eigenvalue weighted by Gasteiger charge is 2.48. The number of piperazine rings is 1. The minimum atomic E-state index is -0.338. The van der Waals surface area contributed by atoms with Crippen molar-refractivity contribution in [1.29, 1.82) is 0 Å². The van der Waals surface area contributed by atoms with E-state index >= 15 is 0 Å². The predicted octanol–water partition coefficient (Wildman–Crippen LogP) is 1.79. The van der Waals surface area contributed by atoms with Gasteiger partial charge in [0.05, 0.1) is 0 Å². The minimum absolute atomic E-state index is 0.0598. The van der Waals surface area contributed by atoms with Crippen LogP contribution in [0.2, 0.25) is 0 Å². The Morgan fingerprint density at radius 1 is 1.21 bits per heavy atom. The molecule has 0 aromatic carbocycles. The van der Waals surface area contributed by atoms with Crippen LogP contribution in [-0.2, 0) is 9.59 Å². The molecule has 4 nitrogen and oxygen atoms in total. The molecule has 0 bridgehead atoms. The van der Waals surface area contributed by atoms with Gasteiger partial charge < -0.3 is 10.2 Å². The van der Waals surface area contributed by atoms with Crippen LogP contribution >= 0.6 is 0 Å². The lowest BCUT2D eigenvalue weighted by molar-refractivity contribution is -0.151. The fraction of sp³-hybridized carbons (Fsp3) is 0.867. The molecule has 1 N–H and O–H groups in total. The van der Waals surface area contributed by atoms with E-state index in [0.29, 0.717) is 18.4 Å². The fourth-order valence-corrected chi connectivity index (χ4v) is 2.74. The molecule has 1 heterocycles. The number of hydrogen-bond donors (Lipinski definition) is 1. The largest absolute Gasteiger partial charge is 0.342 e. The topological polar surface area (TPSA) is 49.4 Å². The molecule has 2 atom stereocenters. The van der Waals surface area contributed by atoms with Crippen molar-refractivity contribution in [2.75, 3.05) is 6.54 Å². The Labute approximate surface area is 115 Å². The maximum Gasteiger partial charge on any atom is 0.246 e. The van der Waals surface area contributed by atoms with Gasteiger partial charge in [0.25, 0.3) is 0 Å². The van der Waals surface area contributed by atoms with Crippen LogP contribution < -0.4 is 5.32 Å². The molecule has 1 aliphatic heterocycles. The highest BCUT2D eigenvalue weighted by Crippen LogP contribution is 2.37. The van der Waals surface area contributed by atoms with E-state index in [-0.39, 0.29) is 29.8 Å². The molecule has 2 rings (SSSR count). The fourth-order valence-electron chi connectivity index (χ4n) is 2.74. The van der Waals surface area contributed by atoms with Crippen molar-refractivity contribution in [3.8, 4) is 0 Å². The van der Waals surface area contributed by atoms with Crippen LogP contribution in [0.15, 0.2) is 0 Å². The average molecular weight is 266 g/mol. The summed E-state index contributed by atoms with van der Waals surface area (Å²) in [7, 11) is 0. The van der Waals surface area contributed by atoms with Crippen LogP contribution in [0.1, 0.15) is 47.0 Å². The molecule has 2 amide bonds. The van der Waals surface area contributed by atoms with Crippen LogP contribution in [0.5, 0.6) is 0 Å². The molecular weight excluding hydrogens is 240 g/mol. The summed E-state index contributed by atoms with van der Waals surface area (Å²) in [6, 6.07) is -0.545. The Bertz CT molecular complexity index is 361. The Kier molecular flexibility index (Phi) is 4.16. The molecule has 1 aliphatic carbocycles. The number of rotatable bonds is 5. The molecule has 2 unspecified atom stereocenters. The van der Waals surface area contributed by atoms with Crippen LogP contribution in [-0.4, -0.2) is 35.3 Å². The Hall–Kier alpha value is -1.06. The van der Waals surface area contributed by atoms with Gasteiger partial charge in [0.1, 0.15) is 12.1 Å². The van der Waals surface area contributed by atoms with Crippen molar-refractivity contribution in [2.45, 2.75) is 59.0 Å². The summed E-state index contributed by atoms with van der Waals surface area (Å²) in [5, 5.41) is 2.92.